The van der Waals surface area contributed by atoms with Crippen LogP contribution in [0.15, 0.2) is 34.9 Å². The molecule has 1 aliphatic carbocycles. The van der Waals surface area contributed by atoms with Gasteiger partial charge in [0.25, 0.3) is 0 Å². The lowest BCUT2D eigenvalue weighted by Crippen LogP contribution is -2.55. The van der Waals surface area contributed by atoms with E-state index >= 15 is 0 Å². The Kier molecular flexibility index (Phi) is 5.50. The van der Waals surface area contributed by atoms with Gasteiger partial charge in [-0.15, -0.1) is 0 Å². The van der Waals surface area contributed by atoms with E-state index in [1.807, 2.05) is 43.3 Å². The fourth-order valence-corrected chi connectivity index (χ4v) is 4.91. The van der Waals surface area contributed by atoms with Crippen molar-refractivity contribution in [2.45, 2.75) is 56.7 Å². The number of carbonyl (C=O) groups excluding carboxylic acids is 1. The minimum atomic E-state index is 0.189. The summed E-state index contributed by atoms with van der Waals surface area (Å²) in [6, 6.07) is 8.57. The number of carbonyl (C=O) groups is 1. The largest absolute Gasteiger partial charge is 0.464 e. The number of nitrogens with zero attached hydrogens (tertiary/aromatic N) is 2. The van der Waals surface area contributed by atoms with Crippen LogP contribution in [0.2, 0.25) is 0 Å². The molecule has 1 amide bonds. The van der Waals surface area contributed by atoms with Crippen molar-refractivity contribution < 1.29 is 13.9 Å². The summed E-state index contributed by atoms with van der Waals surface area (Å²) < 4.78 is 11.1. The van der Waals surface area contributed by atoms with Crippen molar-refractivity contribution >= 4 is 16.9 Å². The molecule has 1 aromatic heterocycles. The molecule has 0 spiro atoms. The Labute approximate surface area is 161 Å². The topological polar surface area (TPSA) is 45.9 Å². The summed E-state index contributed by atoms with van der Waals surface area (Å²) in [5.41, 5.74) is 1.89. The zero-order valence-electron chi connectivity index (χ0n) is 16.4. The second-order valence-electron chi connectivity index (χ2n) is 7.98. The van der Waals surface area contributed by atoms with Crippen LogP contribution in [0.5, 0.6) is 0 Å². The zero-order valence-corrected chi connectivity index (χ0v) is 16.4. The first-order chi connectivity index (χ1) is 13.2. The van der Waals surface area contributed by atoms with Gasteiger partial charge in [-0.05, 0) is 62.9 Å². The van der Waals surface area contributed by atoms with E-state index in [0.717, 1.165) is 48.9 Å². The normalized spacial score (nSPS) is 26.5. The highest BCUT2D eigenvalue weighted by atomic mass is 16.5. The van der Waals surface area contributed by atoms with Gasteiger partial charge in [-0.1, -0.05) is 12.1 Å². The summed E-state index contributed by atoms with van der Waals surface area (Å²) in [4.78, 5) is 17.7. The Hall–Kier alpha value is -1.85. The lowest BCUT2D eigenvalue weighted by Gasteiger charge is -2.44. The first-order valence-electron chi connectivity index (χ1n) is 10.1. The molecule has 0 radical (unpaired) electrons. The highest BCUT2D eigenvalue weighted by molar-refractivity contribution is 5.87. The van der Waals surface area contributed by atoms with Crippen molar-refractivity contribution in [3.63, 3.8) is 0 Å². The smallest absolute Gasteiger partial charge is 0.227 e. The third kappa shape index (κ3) is 3.76. The van der Waals surface area contributed by atoms with Gasteiger partial charge in [0.05, 0.1) is 18.8 Å². The van der Waals surface area contributed by atoms with Gasteiger partial charge < -0.3 is 14.1 Å². The van der Waals surface area contributed by atoms with Gasteiger partial charge in [-0.3, -0.25) is 9.69 Å². The predicted octanol–water partition coefficient (Wildman–Crippen LogP) is 3.47. The van der Waals surface area contributed by atoms with E-state index in [1.54, 1.807) is 6.26 Å². The Morgan fingerprint density at radius 2 is 2.07 bits per heavy atom. The summed E-state index contributed by atoms with van der Waals surface area (Å²) in [6.45, 7) is 2.29. The number of hydrogen-bond acceptors (Lipinski definition) is 4. The molecule has 3 atom stereocenters. The minimum Gasteiger partial charge on any atom is -0.464 e. The Balaban J connectivity index is 1.50. The standard InChI is InChI=1S/C22H30N2O3/c1-23(22(25)14-16-6-5-7-21-18(16)10-13-27-21)19-9-8-17(26-2)15-20(19)24-11-3-4-12-24/h5-7,10,13,17,19-20H,3-4,8-9,11-12,14-15H2,1-2H3/t17-,19+,20+/m0/s1. The second kappa shape index (κ2) is 8.03. The highest BCUT2D eigenvalue weighted by Gasteiger charge is 2.38. The van der Waals surface area contributed by atoms with Crippen LogP contribution in [0.1, 0.15) is 37.7 Å². The zero-order chi connectivity index (χ0) is 18.8. The molecule has 1 aliphatic heterocycles. The average Bonchev–Trinajstić information content (AvgIpc) is 3.39. The van der Waals surface area contributed by atoms with Crippen molar-refractivity contribution in [2.75, 3.05) is 27.2 Å². The number of ether oxygens (including phenoxy) is 1. The average molecular weight is 370 g/mol. The van der Waals surface area contributed by atoms with Crippen LogP contribution in [0.4, 0.5) is 0 Å². The maximum absolute atomic E-state index is 13.1. The van der Waals surface area contributed by atoms with Crippen LogP contribution in [0.3, 0.4) is 0 Å². The third-order valence-corrected chi connectivity index (χ3v) is 6.49. The fraction of sp³-hybridized carbons (Fsp3) is 0.591. The molecule has 146 valence electrons. The van der Waals surface area contributed by atoms with E-state index in [9.17, 15) is 4.79 Å². The molecule has 1 saturated heterocycles. The van der Waals surface area contributed by atoms with Crippen LogP contribution in [-0.4, -0.2) is 61.1 Å². The highest BCUT2D eigenvalue weighted by Crippen LogP contribution is 2.31. The van der Waals surface area contributed by atoms with Crippen molar-refractivity contribution in [3.05, 3.63) is 36.1 Å². The van der Waals surface area contributed by atoms with Crippen LogP contribution < -0.4 is 0 Å². The van der Waals surface area contributed by atoms with Crippen molar-refractivity contribution in [1.82, 2.24) is 9.80 Å². The van der Waals surface area contributed by atoms with E-state index in [2.05, 4.69) is 4.90 Å². The van der Waals surface area contributed by atoms with Crippen molar-refractivity contribution in [3.8, 4) is 0 Å². The van der Waals surface area contributed by atoms with E-state index < -0.39 is 0 Å². The Morgan fingerprint density at radius 3 is 2.85 bits per heavy atom. The molecule has 2 aliphatic rings. The third-order valence-electron chi connectivity index (χ3n) is 6.49. The summed E-state index contributed by atoms with van der Waals surface area (Å²) in [5.74, 6) is 0.189. The SMILES string of the molecule is CO[C@H]1CC[C@@H](N(C)C(=O)Cc2cccc3occc23)[C@H](N2CCCC2)C1. The molecule has 5 heteroatoms. The summed E-state index contributed by atoms with van der Waals surface area (Å²) in [6.07, 6.45) is 8.02. The first kappa shape index (κ1) is 18.5. The molecular formula is C22H30N2O3. The maximum Gasteiger partial charge on any atom is 0.227 e. The molecule has 1 aromatic carbocycles. The number of hydrogen-bond donors (Lipinski definition) is 0. The summed E-state index contributed by atoms with van der Waals surface area (Å²) >= 11 is 0. The van der Waals surface area contributed by atoms with Gasteiger partial charge in [0.2, 0.25) is 5.91 Å². The molecular weight excluding hydrogens is 340 g/mol. The number of fused-ring (bicyclic) bond motifs is 1. The van der Waals surface area contributed by atoms with E-state index in [4.69, 9.17) is 9.15 Å². The molecule has 1 saturated carbocycles. The number of benzene rings is 1. The predicted molar refractivity (Wildman–Crippen MR) is 106 cm³/mol. The Morgan fingerprint density at radius 1 is 1.26 bits per heavy atom. The number of rotatable bonds is 5. The molecule has 0 N–H and O–H groups in total. The molecule has 0 bridgehead atoms. The van der Waals surface area contributed by atoms with E-state index in [-0.39, 0.29) is 11.9 Å². The van der Waals surface area contributed by atoms with Gasteiger partial charge >= 0.3 is 0 Å². The number of methoxy groups -OCH3 is 1. The molecule has 4 rings (SSSR count). The van der Waals surface area contributed by atoms with Gasteiger partial charge in [-0.25, -0.2) is 0 Å². The lowest BCUT2D eigenvalue weighted by molar-refractivity contribution is -0.134. The fourth-order valence-electron chi connectivity index (χ4n) is 4.91. The lowest BCUT2D eigenvalue weighted by atomic mass is 9.86. The van der Waals surface area contributed by atoms with Crippen LogP contribution in [-0.2, 0) is 16.0 Å². The van der Waals surface area contributed by atoms with Crippen LogP contribution in [0, 0.1) is 0 Å². The van der Waals surface area contributed by atoms with Crippen LogP contribution >= 0.6 is 0 Å². The monoisotopic (exact) mass is 370 g/mol. The number of amides is 1. The number of furan rings is 1. The summed E-state index contributed by atoms with van der Waals surface area (Å²) in [7, 11) is 3.80. The minimum absolute atomic E-state index is 0.189. The maximum atomic E-state index is 13.1. The molecule has 2 heterocycles. The molecule has 27 heavy (non-hydrogen) atoms. The van der Waals surface area contributed by atoms with E-state index in [0.29, 0.717) is 18.6 Å². The summed E-state index contributed by atoms with van der Waals surface area (Å²) in [5, 5.41) is 1.04. The first-order valence-corrected chi connectivity index (χ1v) is 10.1. The van der Waals surface area contributed by atoms with Gasteiger partial charge in [0, 0.05) is 31.6 Å². The number of likely N-dealkylation sites (N-methyl/N-ethyl adjacent to an activating group) is 1. The van der Waals surface area contributed by atoms with Gasteiger partial charge in [-0.2, -0.15) is 0 Å². The molecule has 0 unspecified atom stereocenters. The van der Waals surface area contributed by atoms with E-state index in [1.165, 1.54) is 12.8 Å². The van der Waals surface area contributed by atoms with Crippen LogP contribution in [0.25, 0.3) is 11.0 Å². The molecule has 5 nitrogen and oxygen atoms in total. The second-order valence-corrected chi connectivity index (χ2v) is 7.98. The van der Waals surface area contributed by atoms with Crippen molar-refractivity contribution in [2.24, 2.45) is 0 Å². The van der Waals surface area contributed by atoms with Gasteiger partial charge in [0.15, 0.2) is 0 Å². The van der Waals surface area contributed by atoms with Gasteiger partial charge in [0.1, 0.15) is 5.58 Å². The molecule has 2 aromatic rings. The quantitative estimate of drug-likeness (QED) is 0.809. The Bertz CT molecular complexity index is 781. The molecule has 2 fully saturated rings. The van der Waals surface area contributed by atoms with Crippen molar-refractivity contribution in [1.29, 1.82) is 0 Å². The number of likely N-dealkylation sites (tertiary alicyclic amines) is 1.